The summed E-state index contributed by atoms with van der Waals surface area (Å²) < 4.78 is 0. The number of nitro groups is 1. The SMILES string of the molecule is CCc1ccccc1C(=O)Nc1nc(Cl)ccc1[N+](=O)[O-]. The number of aryl methyl sites for hydroxylation is 1. The van der Waals surface area contributed by atoms with Gasteiger partial charge in [-0.3, -0.25) is 14.9 Å². The molecule has 0 radical (unpaired) electrons. The van der Waals surface area contributed by atoms with E-state index in [1.165, 1.54) is 12.1 Å². The first-order chi connectivity index (χ1) is 10.0. The normalized spacial score (nSPS) is 10.2. The molecule has 1 N–H and O–H groups in total. The average molecular weight is 306 g/mol. The first-order valence-electron chi connectivity index (χ1n) is 6.23. The van der Waals surface area contributed by atoms with Gasteiger partial charge in [0.15, 0.2) is 0 Å². The molecule has 1 aromatic heterocycles. The zero-order valence-corrected chi connectivity index (χ0v) is 11.9. The van der Waals surface area contributed by atoms with E-state index in [0.717, 1.165) is 5.56 Å². The second kappa shape index (κ2) is 6.32. The molecule has 1 heterocycles. The van der Waals surface area contributed by atoms with Gasteiger partial charge in [0.05, 0.1) is 4.92 Å². The Bertz CT molecular complexity index is 704. The zero-order chi connectivity index (χ0) is 15.4. The van der Waals surface area contributed by atoms with Crippen LogP contribution < -0.4 is 5.32 Å². The van der Waals surface area contributed by atoms with Crippen LogP contribution in [-0.2, 0) is 6.42 Å². The van der Waals surface area contributed by atoms with Crippen LogP contribution in [0, 0.1) is 10.1 Å². The second-order valence-electron chi connectivity index (χ2n) is 4.22. The van der Waals surface area contributed by atoms with Gasteiger partial charge in [-0.1, -0.05) is 36.7 Å². The number of benzene rings is 1. The van der Waals surface area contributed by atoms with Crippen molar-refractivity contribution in [2.45, 2.75) is 13.3 Å². The molecule has 108 valence electrons. The fraction of sp³-hybridized carbons (Fsp3) is 0.143. The van der Waals surface area contributed by atoms with E-state index in [4.69, 9.17) is 11.6 Å². The number of hydrogen-bond donors (Lipinski definition) is 1. The Morgan fingerprint density at radius 3 is 2.71 bits per heavy atom. The third kappa shape index (κ3) is 3.35. The summed E-state index contributed by atoms with van der Waals surface area (Å²) in [5, 5.41) is 13.5. The minimum Gasteiger partial charge on any atom is -0.301 e. The lowest BCUT2D eigenvalue weighted by Gasteiger charge is -2.08. The van der Waals surface area contributed by atoms with Crippen molar-refractivity contribution in [1.29, 1.82) is 0 Å². The average Bonchev–Trinajstić information content (AvgIpc) is 2.46. The summed E-state index contributed by atoms with van der Waals surface area (Å²) >= 11 is 5.72. The van der Waals surface area contributed by atoms with Crippen molar-refractivity contribution < 1.29 is 9.72 Å². The van der Waals surface area contributed by atoms with Crippen molar-refractivity contribution in [2.24, 2.45) is 0 Å². The van der Waals surface area contributed by atoms with E-state index in [1.807, 2.05) is 19.1 Å². The van der Waals surface area contributed by atoms with Crippen molar-refractivity contribution in [3.05, 3.63) is 62.8 Å². The van der Waals surface area contributed by atoms with E-state index in [9.17, 15) is 14.9 Å². The minimum atomic E-state index is -0.620. The number of carbonyl (C=O) groups excluding carboxylic acids is 1. The van der Waals surface area contributed by atoms with Gasteiger partial charge in [-0.15, -0.1) is 0 Å². The van der Waals surface area contributed by atoms with Gasteiger partial charge in [-0.25, -0.2) is 4.98 Å². The van der Waals surface area contributed by atoms with Crippen molar-refractivity contribution in [3.63, 3.8) is 0 Å². The number of pyridine rings is 1. The molecule has 0 spiro atoms. The molecule has 1 aromatic carbocycles. The van der Waals surface area contributed by atoms with E-state index in [2.05, 4.69) is 10.3 Å². The number of nitrogens with one attached hydrogen (secondary N) is 1. The predicted octanol–water partition coefficient (Wildman–Crippen LogP) is 3.46. The molecule has 6 nitrogen and oxygen atoms in total. The maximum Gasteiger partial charge on any atom is 0.311 e. The van der Waals surface area contributed by atoms with Gasteiger partial charge in [-0.05, 0) is 24.1 Å². The lowest BCUT2D eigenvalue weighted by atomic mass is 10.0. The Labute approximate surface area is 125 Å². The summed E-state index contributed by atoms with van der Waals surface area (Å²) in [4.78, 5) is 26.4. The smallest absolute Gasteiger partial charge is 0.301 e. The minimum absolute atomic E-state index is 0.0691. The molecule has 2 rings (SSSR count). The number of rotatable bonds is 4. The maximum atomic E-state index is 12.3. The van der Waals surface area contributed by atoms with E-state index in [0.29, 0.717) is 12.0 Å². The molecule has 7 heteroatoms. The molecule has 0 aliphatic heterocycles. The van der Waals surface area contributed by atoms with Crippen molar-refractivity contribution in [1.82, 2.24) is 4.98 Å². The molecule has 0 saturated carbocycles. The van der Waals surface area contributed by atoms with Gasteiger partial charge < -0.3 is 5.32 Å². The molecule has 0 saturated heterocycles. The lowest BCUT2D eigenvalue weighted by molar-refractivity contribution is -0.384. The molecule has 2 aromatic rings. The number of anilines is 1. The fourth-order valence-electron chi connectivity index (χ4n) is 1.89. The molecular formula is C14H12ClN3O3. The molecule has 0 atom stereocenters. The largest absolute Gasteiger partial charge is 0.311 e. The van der Waals surface area contributed by atoms with Gasteiger partial charge in [0, 0.05) is 11.6 Å². The van der Waals surface area contributed by atoms with Crippen molar-refractivity contribution in [3.8, 4) is 0 Å². The van der Waals surface area contributed by atoms with E-state index in [-0.39, 0.29) is 16.7 Å². The quantitative estimate of drug-likeness (QED) is 0.532. The van der Waals surface area contributed by atoms with Crippen LogP contribution in [0.2, 0.25) is 5.15 Å². The van der Waals surface area contributed by atoms with Gasteiger partial charge >= 0.3 is 5.69 Å². The summed E-state index contributed by atoms with van der Waals surface area (Å²) in [6.45, 7) is 1.92. The molecule has 0 aliphatic carbocycles. The summed E-state index contributed by atoms with van der Waals surface area (Å²) in [5.74, 6) is -0.617. The molecule has 21 heavy (non-hydrogen) atoms. The Hall–Kier alpha value is -2.47. The van der Waals surface area contributed by atoms with Gasteiger partial charge in [0.25, 0.3) is 5.91 Å². The molecule has 0 unspecified atom stereocenters. The van der Waals surface area contributed by atoms with Crippen LogP contribution in [0.15, 0.2) is 36.4 Å². The predicted molar refractivity (Wildman–Crippen MR) is 79.7 cm³/mol. The fourth-order valence-corrected chi connectivity index (χ4v) is 2.04. The topological polar surface area (TPSA) is 85.1 Å². The molecule has 1 amide bonds. The van der Waals surface area contributed by atoms with E-state index in [1.54, 1.807) is 12.1 Å². The summed E-state index contributed by atoms with van der Waals surface area (Å²) in [6, 6.07) is 9.55. The summed E-state index contributed by atoms with van der Waals surface area (Å²) in [7, 11) is 0. The number of amides is 1. The van der Waals surface area contributed by atoms with Crippen LogP contribution in [0.1, 0.15) is 22.8 Å². The first kappa shape index (κ1) is 14.9. The second-order valence-corrected chi connectivity index (χ2v) is 4.61. The third-order valence-electron chi connectivity index (χ3n) is 2.91. The Balaban J connectivity index is 2.36. The van der Waals surface area contributed by atoms with Crippen LogP contribution in [0.25, 0.3) is 0 Å². The van der Waals surface area contributed by atoms with Crippen molar-refractivity contribution in [2.75, 3.05) is 5.32 Å². The van der Waals surface area contributed by atoms with Crippen LogP contribution in [0.3, 0.4) is 0 Å². The highest BCUT2D eigenvalue weighted by Crippen LogP contribution is 2.24. The number of carbonyl (C=O) groups is 1. The standard InChI is InChI=1S/C14H12ClN3O3/c1-2-9-5-3-4-6-10(9)14(19)17-13-11(18(20)21)7-8-12(15)16-13/h3-8H,2H2,1H3,(H,16,17,19). The molecule has 0 aliphatic rings. The monoisotopic (exact) mass is 305 g/mol. The van der Waals surface area contributed by atoms with E-state index < -0.39 is 10.8 Å². The van der Waals surface area contributed by atoms with Gasteiger partial charge in [0.2, 0.25) is 5.82 Å². The number of hydrogen-bond acceptors (Lipinski definition) is 4. The number of nitrogens with zero attached hydrogens (tertiary/aromatic N) is 2. The Morgan fingerprint density at radius 2 is 2.05 bits per heavy atom. The molecule has 0 bridgehead atoms. The molecular weight excluding hydrogens is 294 g/mol. The Morgan fingerprint density at radius 1 is 1.33 bits per heavy atom. The maximum absolute atomic E-state index is 12.3. The van der Waals surface area contributed by atoms with Crippen molar-refractivity contribution >= 4 is 29.0 Å². The van der Waals surface area contributed by atoms with Crippen LogP contribution >= 0.6 is 11.6 Å². The number of aromatic nitrogens is 1. The summed E-state index contributed by atoms with van der Waals surface area (Å²) in [6.07, 6.45) is 0.675. The lowest BCUT2D eigenvalue weighted by Crippen LogP contribution is -2.16. The van der Waals surface area contributed by atoms with Crippen LogP contribution in [-0.4, -0.2) is 15.8 Å². The highest BCUT2D eigenvalue weighted by molar-refractivity contribution is 6.29. The highest BCUT2D eigenvalue weighted by atomic mass is 35.5. The highest BCUT2D eigenvalue weighted by Gasteiger charge is 2.19. The first-order valence-corrected chi connectivity index (χ1v) is 6.61. The van der Waals surface area contributed by atoms with Crippen LogP contribution in [0.5, 0.6) is 0 Å². The Kier molecular flexibility index (Phi) is 4.49. The van der Waals surface area contributed by atoms with Gasteiger partial charge in [-0.2, -0.15) is 0 Å². The number of halogens is 1. The molecule has 0 fully saturated rings. The third-order valence-corrected chi connectivity index (χ3v) is 3.12. The summed E-state index contributed by atoms with van der Waals surface area (Å²) in [5.41, 5.74) is 0.998. The zero-order valence-electron chi connectivity index (χ0n) is 11.2. The van der Waals surface area contributed by atoms with Gasteiger partial charge in [0.1, 0.15) is 5.15 Å². The van der Waals surface area contributed by atoms with Crippen LogP contribution in [0.4, 0.5) is 11.5 Å². The van der Waals surface area contributed by atoms with E-state index >= 15 is 0 Å².